The van der Waals surface area contributed by atoms with Crippen LogP contribution in [-0.2, 0) is 14.3 Å². The average Bonchev–Trinajstić information content (AvgIpc) is 2.60. The predicted molar refractivity (Wildman–Crippen MR) is 95.8 cm³/mol. The molecule has 0 spiro atoms. The minimum Gasteiger partial charge on any atom is -0.462 e. The normalized spacial score (nSPS) is 42.2. The molecule has 3 aliphatic rings. The van der Waals surface area contributed by atoms with Gasteiger partial charge in [-0.15, -0.1) is 0 Å². The second-order valence-electron chi connectivity index (χ2n) is 8.71. The topological polar surface area (TPSA) is 63.6 Å². The maximum atomic E-state index is 11.9. The number of hydrogen-bond acceptors (Lipinski definition) is 4. The van der Waals surface area contributed by atoms with Crippen LogP contribution in [0.4, 0.5) is 0 Å². The summed E-state index contributed by atoms with van der Waals surface area (Å²) in [6, 6.07) is 0. The zero-order valence-corrected chi connectivity index (χ0v) is 15.8. The monoisotopic (exact) mass is 348 g/mol. The summed E-state index contributed by atoms with van der Waals surface area (Å²) in [4.78, 5) is 23.6. The minimum atomic E-state index is -0.325. The van der Waals surface area contributed by atoms with E-state index in [1.165, 1.54) is 12.5 Å². The molecule has 0 aliphatic heterocycles. The van der Waals surface area contributed by atoms with Crippen molar-refractivity contribution >= 4 is 11.8 Å². The minimum absolute atomic E-state index is 0.0320. The fraction of sp³-hybridized carbons (Fsp3) is 0.810. The van der Waals surface area contributed by atoms with E-state index in [9.17, 15) is 14.7 Å². The summed E-state index contributed by atoms with van der Waals surface area (Å²) in [5.41, 5.74) is 1.34. The molecule has 0 saturated heterocycles. The summed E-state index contributed by atoms with van der Waals surface area (Å²) >= 11 is 0. The first-order valence-electron chi connectivity index (χ1n) is 9.90. The van der Waals surface area contributed by atoms with Gasteiger partial charge in [-0.05, 0) is 74.2 Å². The maximum Gasteiger partial charge on any atom is 0.302 e. The number of aliphatic hydroxyl groups is 1. The smallest absolute Gasteiger partial charge is 0.302 e. The number of hydrogen-bond donors (Lipinski definition) is 1. The van der Waals surface area contributed by atoms with E-state index in [2.05, 4.69) is 13.8 Å². The zero-order valence-electron chi connectivity index (χ0n) is 15.8. The van der Waals surface area contributed by atoms with Gasteiger partial charge in [0, 0.05) is 13.3 Å². The second kappa shape index (κ2) is 7.22. The lowest BCUT2D eigenvalue weighted by atomic mass is 9.54. The van der Waals surface area contributed by atoms with Crippen molar-refractivity contribution in [1.82, 2.24) is 0 Å². The second-order valence-corrected chi connectivity index (χ2v) is 8.71. The Bertz CT molecular complexity index is 566. The number of carbonyl (C=O) groups excluding carboxylic acids is 2. The lowest BCUT2D eigenvalue weighted by molar-refractivity contribution is -0.153. The van der Waals surface area contributed by atoms with Gasteiger partial charge in [-0.3, -0.25) is 9.59 Å². The number of rotatable bonds is 1. The van der Waals surface area contributed by atoms with Crippen molar-refractivity contribution < 1.29 is 19.4 Å². The molecule has 2 fully saturated rings. The number of aliphatic hydroxyl groups excluding tert-OH is 1. The largest absolute Gasteiger partial charge is 0.462 e. The molecule has 4 heteroatoms. The molecule has 6 atom stereocenters. The standard InChI is InChI=1S/C21H32O4/c1-13-4-7-18-17(20(25-14(2)22)9-8-19(13)24)6-5-15-12-16(23)10-11-21(15,18)3/h12-13,17-20,24H,4-11H2,1-3H3/t13-,17+,18-,19+,20+,21-/m0/s1. The van der Waals surface area contributed by atoms with Crippen LogP contribution in [0.2, 0.25) is 0 Å². The molecule has 0 unspecified atom stereocenters. The van der Waals surface area contributed by atoms with Gasteiger partial charge in [0.25, 0.3) is 0 Å². The van der Waals surface area contributed by atoms with Crippen molar-refractivity contribution in [2.75, 3.05) is 0 Å². The Labute approximate surface area is 151 Å². The highest BCUT2D eigenvalue weighted by Gasteiger charge is 2.49. The predicted octanol–water partition coefficient (Wildman–Crippen LogP) is 3.81. The SMILES string of the molecule is CC(=O)O[C@@H]1CC[C@@H](O)[C@@H](C)CC[C@H]2[C@H]1CCC1=CC(=O)CC[C@@]12C. The van der Waals surface area contributed by atoms with Gasteiger partial charge in [-0.1, -0.05) is 19.4 Å². The Hall–Kier alpha value is -1.16. The van der Waals surface area contributed by atoms with Crippen molar-refractivity contribution in [3.63, 3.8) is 0 Å². The van der Waals surface area contributed by atoms with E-state index in [-0.39, 0.29) is 35.3 Å². The third-order valence-corrected chi connectivity index (χ3v) is 7.17. The molecule has 3 aliphatic carbocycles. The zero-order chi connectivity index (χ0) is 18.2. The molecule has 25 heavy (non-hydrogen) atoms. The number of fused-ring (bicyclic) bond motifs is 3. The van der Waals surface area contributed by atoms with E-state index in [1.54, 1.807) is 0 Å². The van der Waals surface area contributed by atoms with Crippen LogP contribution in [0, 0.1) is 23.2 Å². The molecular weight excluding hydrogens is 316 g/mol. The fourth-order valence-electron chi connectivity index (χ4n) is 5.56. The van der Waals surface area contributed by atoms with Crippen LogP contribution in [0.25, 0.3) is 0 Å². The third kappa shape index (κ3) is 3.69. The molecule has 1 N–H and O–H groups in total. The van der Waals surface area contributed by atoms with Crippen molar-refractivity contribution in [3.8, 4) is 0 Å². The maximum absolute atomic E-state index is 11.9. The van der Waals surface area contributed by atoms with E-state index in [0.717, 1.165) is 38.5 Å². The summed E-state index contributed by atoms with van der Waals surface area (Å²) in [7, 11) is 0. The van der Waals surface area contributed by atoms with Crippen LogP contribution in [0.5, 0.6) is 0 Å². The van der Waals surface area contributed by atoms with Crippen molar-refractivity contribution in [2.24, 2.45) is 23.2 Å². The first-order chi connectivity index (χ1) is 11.8. The highest BCUT2D eigenvalue weighted by atomic mass is 16.5. The van der Waals surface area contributed by atoms with Crippen LogP contribution in [0.15, 0.2) is 11.6 Å². The number of esters is 1. The summed E-state index contributed by atoms with van der Waals surface area (Å²) < 4.78 is 5.74. The fourth-order valence-corrected chi connectivity index (χ4v) is 5.56. The quantitative estimate of drug-likeness (QED) is 0.732. The Balaban J connectivity index is 1.94. The van der Waals surface area contributed by atoms with E-state index < -0.39 is 0 Å². The van der Waals surface area contributed by atoms with Crippen LogP contribution in [-0.4, -0.2) is 29.1 Å². The van der Waals surface area contributed by atoms with Crippen LogP contribution < -0.4 is 0 Å². The molecule has 140 valence electrons. The highest BCUT2D eigenvalue weighted by molar-refractivity contribution is 5.91. The van der Waals surface area contributed by atoms with E-state index >= 15 is 0 Å². The number of ketones is 1. The average molecular weight is 348 g/mol. The molecule has 0 aromatic carbocycles. The summed E-state index contributed by atoms with van der Waals surface area (Å²) in [5, 5.41) is 10.4. The number of allylic oxidation sites excluding steroid dienone is 2. The van der Waals surface area contributed by atoms with Crippen molar-refractivity contribution in [2.45, 2.75) is 84.3 Å². The van der Waals surface area contributed by atoms with Crippen LogP contribution in [0.3, 0.4) is 0 Å². The van der Waals surface area contributed by atoms with Gasteiger partial charge in [-0.25, -0.2) is 0 Å². The number of ether oxygens (including phenoxy) is 1. The van der Waals surface area contributed by atoms with Crippen molar-refractivity contribution in [1.29, 1.82) is 0 Å². The Kier molecular flexibility index (Phi) is 5.38. The Morgan fingerprint density at radius 3 is 2.68 bits per heavy atom. The van der Waals surface area contributed by atoms with Gasteiger partial charge < -0.3 is 9.84 Å². The first-order valence-corrected chi connectivity index (χ1v) is 9.90. The van der Waals surface area contributed by atoms with Gasteiger partial charge >= 0.3 is 5.97 Å². The molecule has 0 aromatic heterocycles. The molecule has 0 heterocycles. The highest BCUT2D eigenvalue weighted by Crippen LogP contribution is 2.56. The molecule has 0 aromatic rings. The number of carbonyl (C=O) groups is 2. The van der Waals surface area contributed by atoms with Gasteiger partial charge in [0.2, 0.25) is 0 Å². The van der Waals surface area contributed by atoms with Gasteiger partial charge in [0.1, 0.15) is 6.10 Å². The molecule has 0 amide bonds. The van der Waals surface area contributed by atoms with E-state index in [1.807, 2.05) is 6.08 Å². The molecule has 4 nitrogen and oxygen atoms in total. The molecule has 0 bridgehead atoms. The molecular formula is C21H32O4. The lowest BCUT2D eigenvalue weighted by Crippen LogP contribution is -2.46. The van der Waals surface area contributed by atoms with Gasteiger partial charge in [-0.2, -0.15) is 0 Å². The molecule has 0 radical (unpaired) electrons. The van der Waals surface area contributed by atoms with Crippen molar-refractivity contribution in [3.05, 3.63) is 11.6 Å². The summed E-state index contributed by atoms with van der Waals surface area (Å²) in [5.74, 6) is 1.04. The first kappa shape index (κ1) is 18.6. The molecule has 3 rings (SSSR count). The van der Waals surface area contributed by atoms with Crippen LogP contribution in [0.1, 0.15) is 72.1 Å². The lowest BCUT2D eigenvalue weighted by Gasteiger charge is -2.51. The third-order valence-electron chi connectivity index (χ3n) is 7.17. The van der Waals surface area contributed by atoms with Gasteiger partial charge in [0.05, 0.1) is 6.10 Å². The van der Waals surface area contributed by atoms with E-state index in [0.29, 0.717) is 24.7 Å². The van der Waals surface area contributed by atoms with Gasteiger partial charge in [0.15, 0.2) is 5.78 Å². The van der Waals surface area contributed by atoms with E-state index in [4.69, 9.17) is 4.74 Å². The summed E-state index contributed by atoms with van der Waals surface area (Å²) in [6.07, 6.45) is 8.34. The Morgan fingerprint density at radius 2 is 1.96 bits per heavy atom. The molecule has 2 saturated carbocycles. The Morgan fingerprint density at radius 1 is 1.20 bits per heavy atom. The van der Waals surface area contributed by atoms with Crippen LogP contribution >= 0.6 is 0 Å². The summed E-state index contributed by atoms with van der Waals surface area (Å²) in [6.45, 7) is 5.92.